The van der Waals surface area contributed by atoms with Crippen LogP contribution in [0.25, 0.3) is 0 Å². The number of carbonyl (C=O) groups is 1. The smallest absolute Gasteiger partial charge is 0.257 e. The number of anilines is 2. The molecule has 22 heavy (non-hydrogen) atoms. The number of para-hydroxylation sites is 1. The van der Waals surface area contributed by atoms with Crippen molar-refractivity contribution in [3.05, 3.63) is 53.1 Å². The zero-order valence-corrected chi connectivity index (χ0v) is 13.1. The number of nitrogens with two attached hydrogens (primary N) is 1. The van der Waals surface area contributed by atoms with Gasteiger partial charge >= 0.3 is 0 Å². The number of hydrogen-bond acceptors (Lipinski definition) is 4. The third-order valence-electron chi connectivity index (χ3n) is 3.02. The molecule has 0 radical (unpaired) electrons. The zero-order valence-electron chi connectivity index (χ0n) is 12.3. The molecule has 0 fully saturated rings. The van der Waals surface area contributed by atoms with Gasteiger partial charge in [-0.15, -0.1) is 0 Å². The van der Waals surface area contributed by atoms with Crippen molar-refractivity contribution < 1.29 is 9.90 Å². The molecule has 2 aromatic carbocycles. The minimum absolute atomic E-state index is 0.0389. The van der Waals surface area contributed by atoms with E-state index in [1.165, 1.54) is 6.07 Å². The van der Waals surface area contributed by atoms with Crippen LogP contribution in [-0.4, -0.2) is 16.1 Å². The van der Waals surface area contributed by atoms with E-state index in [4.69, 9.17) is 18.0 Å². The van der Waals surface area contributed by atoms with E-state index in [0.717, 1.165) is 11.1 Å². The first kappa shape index (κ1) is 15.8. The molecule has 114 valence electrons. The highest BCUT2D eigenvalue weighted by Crippen LogP contribution is 2.28. The van der Waals surface area contributed by atoms with Crippen LogP contribution in [0.2, 0.25) is 0 Å². The monoisotopic (exact) mass is 315 g/mol. The molecule has 0 spiro atoms. The fourth-order valence-electron chi connectivity index (χ4n) is 2.12. The number of carbonyl (C=O) groups excluding carboxylic acids is 1. The van der Waals surface area contributed by atoms with Gasteiger partial charge in [0, 0.05) is 5.56 Å². The molecular formula is C16H17N3O2S. The summed E-state index contributed by atoms with van der Waals surface area (Å²) in [5, 5.41) is 15.1. The summed E-state index contributed by atoms with van der Waals surface area (Å²) in [6.45, 7) is 3.84. The fourth-order valence-corrected chi connectivity index (χ4v) is 2.31. The number of thiocarbonyl (C=S) groups is 1. The highest BCUT2D eigenvalue weighted by Gasteiger charge is 2.11. The Morgan fingerprint density at radius 3 is 2.41 bits per heavy atom. The van der Waals surface area contributed by atoms with Crippen LogP contribution in [-0.2, 0) is 0 Å². The molecule has 2 aromatic rings. The molecule has 0 saturated heterocycles. The SMILES string of the molecule is Cc1cc(C)cc(C(=O)NC(=S)Nc2c(N)cccc2O)c1. The predicted molar refractivity (Wildman–Crippen MR) is 92.1 cm³/mol. The molecule has 6 heteroatoms. The average molecular weight is 315 g/mol. The normalized spacial score (nSPS) is 10.1. The molecule has 0 atom stereocenters. The zero-order chi connectivity index (χ0) is 16.3. The van der Waals surface area contributed by atoms with Gasteiger partial charge < -0.3 is 16.2 Å². The van der Waals surface area contributed by atoms with Crippen molar-refractivity contribution in [2.45, 2.75) is 13.8 Å². The Hall–Kier alpha value is -2.60. The van der Waals surface area contributed by atoms with Gasteiger partial charge in [0.05, 0.1) is 5.69 Å². The third-order valence-corrected chi connectivity index (χ3v) is 3.23. The standard InChI is InChI=1S/C16H17N3O2S/c1-9-6-10(2)8-11(7-9)15(21)19-16(22)18-14-12(17)4-3-5-13(14)20/h3-8,20H,17H2,1-2H3,(H2,18,19,21,22). The maximum Gasteiger partial charge on any atom is 0.257 e. The van der Waals surface area contributed by atoms with Crippen molar-refractivity contribution in [1.82, 2.24) is 5.32 Å². The van der Waals surface area contributed by atoms with Crippen molar-refractivity contribution in [2.75, 3.05) is 11.1 Å². The Balaban J connectivity index is 2.10. The van der Waals surface area contributed by atoms with Crippen molar-refractivity contribution in [3.63, 3.8) is 0 Å². The summed E-state index contributed by atoms with van der Waals surface area (Å²) in [5.41, 5.74) is 8.87. The van der Waals surface area contributed by atoms with Gasteiger partial charge in [-0.1, -0.05) is 23.3 Å². The summed E-state index contributed by atoms with van der Waals surface area (Å²) < 4.78 is 0. The van der Waals surface area contributed by atoms with Gasteiger partial charge in [0.1, 0.15) is 11.4 Å². The van der Waals surface area contributed by atoms with Crippen LogP contribution in [0.3, 0.4) is 0 Å². The van der Waals surface area contributed by atoms with Crippen LogP contribution in [0.1, 0.15) is 21.5 Å². The van der Waals surface area contributed by atoms with Gasteiger partial charge in [-0.2, -0.15) is 0 Å². The quantitative estimate of drug-likeness (QED) is 0.389. The Morgan fingerprint density at radius 1 is 1.18 bits per heavy atom. The second kappa shape index (κ2) is 6.44. The van der Waals surface area contributed by atoms with Crippen LogP contribution < -0.4 is 16.4 Å². The number of nitrogens with one attached hydrogen (secondary N) is 2. The summed E-state index contributed by atoms with van der Waals surface area (Å²) in [7, 11) is 0. The van der Waals surface area contributed by atoms with Gasteiger partial charge in [-0.3, -0.25) is 10.1 Å². The van der Waals surface area contributed by atoms with Crippen molar-refractivity contribution in [1.29, 1.82) is 0 Å². The predicted octanol–water partition coefficient (Wildman–Crippen LogP) is 2.72. The highest BCUT2D eigenvalue weighted by atomic mass is 32.1. The molecule has 0 aromatic heterocycles. The molecule has 0 aliphatic carbocycles. The van der Waals surface area contributed by atoms with E-state index >= 15 is 0 Å². The van der Waals surface area contributed by atoms with Crippen molar-refractivity contribution >= 4 is 34.6 Å². The number of nitrogen functional groups attached to an aromatic ring is 1. The lowest BCUT2D eigenvalue weighted by Gasteiger charge is -2.13. The second-order valence-electron chi connectivity index (χ2n) is 5.03. The first-order valence-corrected chi connectivity index (χ1v) is 7.05. The van der Waals surface area contributed by atoms with Crippen LogP contribution in [0.5, 0.6) is 5.75 Å². The topological polar surface area (TPSA) is 87.4 Å². The molecular weight excluding hydrogens is 298 g/mol. The van der Waals surface area contributed by atoms with E-state index in [1.807, 2.05) is 19.9 Å². The summed E-state index contributed by atoms with van der Waals surface area (Å²) in [6.07, 6.45) is 0. The van der Waals surface area contributed by atoms with Gasteiger partial charge in [0.15, 0.2) is 5.11 Å². The van der Waals surface area contributed by atoms with Crippen LogP contribution in [0.4, 0.5) is 11.4 Å². The van der Waals surface area contributed by atoms with E-state index in [1.54, 1.807) is 24.3 Å². The Morgan fingerprint density at radius 2 is 1.82 bits per heavy atom. The molecule has 0 heterocycles. The number of aromatic hydroxyl groups is 1. The first-order valence-electron chi connectivity index (χ1n) is 6.65. The molecule has 0 bridgehead atoms. The molecule has 5 N–H and O–H groups in total. The van der Waals surface area contributed by atoms with Gasteiger partial charge in [0.2, 0.25) is 0 Å². The minimum Gasteiger partial charge on any atom is -0.506 e. The number of phenols is 1. The van der Waals surface area contributed by atoms with Crippen molar-refractivity contribution in [2.24, 2.45) is 0 Å². The molecule has 0 aliphatic heterocycles. The Bertz CT molecular complexity index is 704. The fraction of sp³-hybridized carbons (Fsp3) is 0.125. The van der Waals surface area contributed by atoms with E-state index in [9.17, 15) is 9.90 Å². The molecule has 0 unspecified atom stereocenters. The molecule has 0 aliphatic rings. The van der Waals surface area contributed by atoms with E-state index in [-0.39, 0.29) is 22.5 Å². The maximum absolute atomic E-state index is 12.2. The largest absolute Gasteiger partial charge is 0.506 e. The summed E-state index contributed by atoms with van der Waals surface area (Å²) in [5.74, 6) is -0.360. The number of aryl methyl sites for hydroxylation is 2. The number of phenolic OH excluding ortho intramolecular Hbond substituents is 1. The Kier molecular flexibility index (Phi) is 4.62. The van der Waals surface area contributed by atoms with Crippen LogP contribution in [0.15, 0.2) is 36.4 Å². The van der Waals surface area contributed by atoms with Crippen LogP contribution in [0, 0.1) is 13.8 Å². The maximum atomic E-state index is 12.2. The third kappa shape index (κ3) is 3.73. The lowest BCUT2D eigenvalue weighted by atomic mass is 10.1. The first-order chi connectivity index (χ1) is 10.4. The summed E-state index contributed by atoms with van der Waals surface area (Å²) >= 11 is 5.09. The average Bonchev–Trinajstić information content (AvgIpc) is 2.42. The van der Waals surface area contributed by atoms with E-state index in [2.05, 4.69) is 10.6 Å². The van der Waals surface area contributed by atoms with Crippen molar-refractivity contribution in [3.8, 4) is 5.75 Å². The van der Waals surface area contributed by atoms with E-state index < -0.39 is 0 Å². The molecule has 1 amide bonds. The summed E-state index contributed by atoms with van der Waals surface area (Å²) in [4.78, 5) is 12.2. The Labute approximate surface area is 134 Å². The lowest BCUT2D eigenvalue weighted by molar-refractivity contribution is 0.0977. The molecule has 0 saturated carbocycles. The number of benzene rings is 2. The number of amides is 1. The van der Waals surface area contributed by atoms with Crippen LogP contribution >= 0.6 is 12.2 Å². The molecule has 5 nitrogen and oxygen atoms in total. The lowest BCUT2D eigenvalue weighted by Crippen LogP contribution is -2.34. The van der Waals surface area contributed by atoms with Gasteiger partial charge in [-0.25, -0.2) is 0 Å². The highest BCUT2D eigenvalue weighted by molar-refractivity contribution is 7.80. The minimum atomic E-state index is -0.321. The summed E-state index contributed by atoms with van der Waals surface area (Å²) in [6, 6.07) is 10.3. The number of rotatable bonds is 2. The van der Waals surface area contributed by atoms with Gasteiger partial charge in [0.25, 0.3) is 5.91 Å². The molecule has 2 rings (SSSR count). The van der Waals surface area contributed by atoms with E-state index in [0.29, 0.717) is 11.3 Å². The van der Waals surface area contributed by atoms with Gasteiger partial charge in [-0.05, 0) is 50.3 Å². The number of hydrogen-bond donors (Lipinski definition) is 4. The second-order valence-corrected chi connectivity index (χ2v) is 5.43.